The molecule has 0 unspecified atom stereocenters. The van der Waals surface area contributed by atoms with Gasteiger partial charge in [-0.3, -0.25) is 4.79 Å². The number of rotatable bonds is 7. The number of pyridine rings is 2. The Hall–Kier alpha value is -3.46. The highest BCUT2D eigenvalue weighted by molar-refractivity contribution is 6.07. The fraction of sp³-hybridized carbons (Fsp3) is 0.333. The van der Waals surface area contributed by atoms with Crippen molar-refractivity contribution in [2.24, 2.45) is 7.05 Å². The minimum Gasteiger partial charge on any atom is -0.384 e. The molecule has 0 fully saturated rings. The lowest BCUT2D eigenvalue weighted by atomic mass is 10.2. The van der Waals surface area contributed by atoms with E-state index < -0.39 is 0 Å². The van der Waals surface area contributed by atoms with Gasteiger partial charge in [-0.15, -0.1) is 0 Å². The molecule has 2 N–H and O–H groups in total. The smallest absolute Gasteiger partial charge is 0.224 e. The molecule has 0 saturated carbocycles. The molecular formula is C21H25N7O2. The molecule has 4 aromatic rings. The molecular weight excluding hydrogens is 382 g/mol. The van der Waals surface area contributed by atoms with E-state index >= 15 is 0 Å². The number of nitrogens with zero attached hydrogens (tertiary/aromatic N) is 5. The molecule has 0 spiro atoms. The van der Waals surface area contributed by atoms with E-state index in [2.05, 4.69) is 20.3 Å². The average molecular weight is 407 g/mol. The van der Waals surface area contributed by atoms with Crippen LogP contribution in [0, 0.1) is 0 Å². The summed E-state index contributed by atoms with van der Waals surface area (Å²) >= 11 is 0. The molecule has 4 rings (SSSR count). The number of aromatic nitrogens is 5. The number of anilines is 1. The van der Waals surface area contributed by atoms with Crippen LogP contribution in [0.15, 0.2) is 30.6 Å². The van der Waals surface area contributed by atoms with Crippen molar-refractivity contribution in [1.82, 2.24) is 29.4 Å². The first-order valence-electron chi connectivity index (χ1n) is 9.72. The van der Waals surface area contributed by atoms with E-state index in [1.165, 1.54) is 0 Å². The molecule has 156 valence electrons. The zero-order valence-corrected chi connectivity index (χ0v) is 17.6. The number of carbonyl (C=O) groups excluding carboxylic acids is 1. The van der Waals surface area contributed by atoms with Gasteiger partial charge in [0, 0.05) is 33.6 Å². The number of ether oxygens (including phenoxy) is 1. The lowest BCUT2D eigenvalue weighted by Gasteiger charge is -2.16. The van der Waals surface area contributed by atoms with Crippen LogP contribution in [0.1, 0.15) is 12.1 Å². The first-order chi connectivity index (χ1) is 14.5. The first kappa shape index (κ1) is 19.8. The molecule has 4 aromatic heterocycles. The minimum atomic E-state index is 0.0251. The number of hydrogen-bond acceptors (Lipinski definition) is 6. The SMILES string of the molecule is CNc1nc2[nH]c(-c3cccc(CN(C)C(=O)CCOC)n3)cc2c2c1ncn2C. The van der Waals surface area contributed by atoms with Crippen LogP contribution in [-0.2, 0) is 23.1 Å². The summed E-state index contributed by atoms with van der Waals surface area (Å²) in [4.78, 5) is 31.1. The van der Waals surface area contributed by atoms with Crippen molar-refractivity contribution in [3.63, 3.8) is 0 Å². The number of aryl methyl sites for hydroxylation is 1. The largest absolute Gasteiger partial charge is 0.384 e. The number of H-pyrrole nitrogens is 1. The van der Waals surface area contributed by atoms with Gasteiger partial charge < -0.3 is 24.5 Å². The predicted molar refractivity (Wildman–Crippen MR) is 116 cm³/mol. The third kappa shape index (κ3) is 3.59. The predicted octanol–water partition coefficient (Wildman–Crippen LogP) is 2.55. The molecule has 0 aliphatic carbocycles. The molecule has 0 aliphatic rings. The third-order valence-corrected chi connectivity index (χ3v) is 5.10. The number of fused-ring (bicyclic) bond motifs is 3. The van der Waals surface area contributed by atoms with Gasteiger partial charge in [0.15, 0.2) is 5.82 Å². The average Bonchev–Trinajstić information content (AvgIpc) is 3.35. The second kappa shape index (κ2) is 8.11. The van der Waals surface area contributed by atoms with Gasteiger partial charge in [0.25, 0.3) is 0 Å². The summed E-state index contributed by atoms with van der Waals surface area (Å²) in [6.07, 6.45) is 2.14. The third-order valence-electron chi connectivity index (χ3n) is 5.10. The second-order valence-corrected chi connectivity index (χ2v) is 7.22. The Bertz CT molecular complexity index is 1210. The van der Waals surface area contributed by atoms with Crippen molar-refractivity contribution in [2.45, 2.75) is 13.0 Å². The molecule has 4 heterocycles. The monoisotopic (exact) mass is 407 g/mol. The Morgan fingerprint density at radius 1 is 1.33 bits per heavy atom. The molecule has 0 atom stereocenters. The Kier molecular flexibility index (Phi) is 5.37. The lowest BCUT2D eigenvalue weighted by molar-refractivity contribution is -0.131. The van der Waals surface area contributed by atoms with Crippen molar-refractivity contribution in [1.29, 1.82) is 0 Å². The van der Waals surface area contributed by atoms with E-state index in [1.54, 1.807) is 25.4 Å². The maximum absolute atomic E-state index is 12.2. The van der Waals surface area contributed by atoms with Crippen LogP contribution < -0.4 is 5.32 Å². The van der Waals surface area contributed by atoms with Gasteiger partial charge in [0.1, 0.15) is 11.2 Å². The van der Waals surface area contributed by atoms with E-state index in [-0.39, 0.29) is 5.91 Å². The summed E-state index contributed by atoms with van der Waals surface area (Å²) in [5, 5.41) is 4.10. The van der Waals surface area contributed by atoms with E-state index in [4.69, 9.17) is 9.72 Å². The topological polar surface area (TPSA) is 101 Å². The molecule has 0 saturated heterocycles. The van der Waals surface area contributed by atoms with Gasteiger partial charge >= 0.3 is 0 Å². The Balaban J connectivity index is 1.68. The van der Waals surface area contributed by atoms with Crippen LogP contribution in [0.4, 0.5) is 5.82 Å². The number of imidazole rings is 1. The second-order valence-electron chi connectivity index (χ2n) is 7.22. The van der Waals surface area contributed by atoms with Crippen LogP contribution in [0.25, 0.3) is 33.5 Å². The lowest BCUT2D eigenvalue weighted by Crippen LogP contribution is -2.27. The number of hydrogen-bond donors (Lipinski definition) is 2. The summed E-state index contributed by atoms with van der Waals surface area (Å²) < 4.78 is 6.97. The first-order valence-corrected chi connectivity index (χ1v) is 9.72. The normalized spacial score (nSPS) is 11.3. The van der Waals surface area contributed by atoms with Gasteiger partial charge in [-0.1, -0.05) is 6.07 Å². The van der Waals surface area contributed by atoms with Gasteiger partial charge in [-0.25, -0.2) is 15.0 Å². The highest BCUT2D eigenvalue weighted by Gasteiger charge is 2.16. The highest BCUT2D eigenvalue weighted by Crippen LogP contribution is 2.31. The van der Waals surface area contributed by atoms with Crippen LogP contribution in [-0.4, -0.2) is 63.1 Å². The van der Waals surface area contributed by atoms with E-state index in [0.717, 1.165) is 45.0 Å². The molecule has 9 nitrogen and oxygen atoms in total. The van der Waals surface area contributed by atoms with Gasteiger partial charge in [0.2, 0.25) is 5.91 Å². The van der Waals surface area contributed by atoms with Crippen molar-refractivity contribution in [3.05, 3.63) is 36.3 Å². The molecule has 0 aliphatic heterocycles. The number of carbonyl (C=O) groups is 1. The zero-order chi connectivity index (χ0) is 21.3. The highest BCUT2D eigenvalue weighted by atomic mass is 16.5. The van der Waals surface area contributed by atoms with Crippen LogP contribution >= 0.6 is 0 Å². The Morgan fingerprint density at radius 3 is 2.93 bits per heavy atom. The molecule has 0 bridgehead atoms. The molecule has 9 heteroatoms. The number of amides is 1. The summed E-state index contributed by atoms with van der Waals surface area (Å²) in [5.41, 5.74) is 5.08. The Morgan fingerprint density at radius 2 is 2.17 bits per heavy atom. The summed E-state index contributed by atoms with van der Waals surface area (Å²) in [6, 6.07) is 7.86. The molecule has 0 radical (unpaired) electrons. The number of methoxy groups -OCH3 is 1. The van der Waals surface area contributed by atoms with Gasteiger partial charge in [0.05, 0.1) is 48.5 Å². The van der Waals surface area contributed by atoms with Gasteiger partial charge in [-0.05, 0) is 18.2 Å². The number of nitrogens with one attached hydrogen (secondary N) is 2. The standard InChI is InChI=1S/C21H25N7O2/c1-22-21-18-19(28(3)12-23-18)14-10-16(25-20(14)26-21)15-7-5-6-13(24-15)11-27(2)17(29)8-9-30-4/h5-7,10,12H,8-9,11H2,1-4H3,(H2,22,25,26). The Labute approximate surface area is 174 Å². The van der Waals surface area contributed by atoms with E-state index in [0.29, 0.717) is 19.6 Å². The molecule has 30 heavy (non-hydrogen) atoms. The van der Waals surface area contributed by atoms with Crippen LogP contribution in [0.2, 0.25) is 0 Å². The van der Waals surface area contributed by atoms with Crippen molar-refractivity contribution >= 4 is 33.8 Å². The summed E-state index contributed by atoms with van der Waals surface area (Å²) in [6.45, 7) is 0.848. The number of aromatic amines is 1. The van der Waals surface area contributed by atoms with Gasteiger partial charge in [-0.2, -0.15) is 0 Å². The quantitative estimate of drug-likeness (QED) is 0.488. The van der Waals surface area contributed by atoms with E-state index in [1.807, 2.05) is 42.9 Å². The zero-order valence-electron chi connectivity index (χ0n) is 17.6. The molecule has 0 aromatic carbocycles. The summed E-state index contributed by atoms with van der Waals surface area (Å²) in [7, 11) is 7.17. The molecule has 1 amide bonds. The maximum atomic E-state index is 12.2. The maximum Gasteiger partial charge on any atom is 0.224 e. The van der Waals surface area contributed by atoms with Crippen molar-refractivity contribution < 1.29 is 9.53 Å². The van der Waals surface area contributed by atoms with Crippen LogP contribution in [0.3, 0.4) is 0 Å². The minimum absolute atomic E-state index is 0.0251. The van der Waals surface area contributed by atoms with E-state index in [9.17, 15) is 4.79 Å². The fourth-order valence-corrected chi connectivity index (χ4v) is 3.54. The summed E-state index contributed by atoms with van der Waals surface area (Å²) in [5.74, 6) is 0.751. The fourth-order valence-electron chi connectivity index (χ4n) is 3.54. The van der Waals surface area contributed by atoms with Crippen molar-refractivity contribution in [2.75, 3.05) is 33.1 Å². The van der Waals surface area contributed by atoms with Crippen molar-refractivity contribution in [3.8, 4) is 11.4 Å². The van der Waals surface area contributed by atoms with Crippen LogP contribution in [0.5, 0.6) is 0 Å².